The van der Waals surface area contributed by atoms with Crippen LogP contribution in [0.1, 0.15) is 6.42 Å². The molecule has 0 spiro atoms. The third-order valence-corrected chi connectivity index (χ3v) is 1.33. The van der Waals surface area contributed by atoms with Crippen molar-refractivity contribution in [2.45, 2.75) is 6.42 Å². The van der Waals surface area contributed by atoms with Gasteiger partial charge in [0, 0.05) is 34.6 Å². The van der Waals surface area contributed by atoms with Crippen LogP contribution in [0.4, 0.5) is 0 Å². The second-order valence-corrected chi connectivity index (χ2v) is 2.68. The Hall–Kier alpha value is -0.695. The molecule has 3 heteroatoms. The zero-order valence-corrected chi connectivity index (χ0v) is 8.46. The molecule has 2 nitrogen and oxygen atoms in total. The van der Waals surface area contributed by atoms with Crippen LogP contribution < -0.4 is 5.32 Å². The van der Waals surface area contributed by atoms with Crippen molar-refractivity contribution in [3.05, 3.63) is 23.9 Å². The third-order valence-electron chi connectivity index (χ3n) is 1.33. The Morgan fingerprint density at radius 2 is 1.83 bits per heavy atom. The van der Waals surface area contributed by atoms with E-state index in [0.29, 0.717) is 0 Å². The van der Waals surface area contributed by atoms with Gasteiger partial charge in [0.2, 0.25) is 0 Å². The minimum atomic E-state index is 0. The topological polar surface area (TPSA) is 15.3 Å². The van der Waals surface area contributed by atoms with Gasteiger partial charge in [-0.15, -0.1) is 0 Å². The monoisotopic (exact) mass is 165 g/mol. The maximum atomic E-state index is 2.75. The minimum Gasteiger partial charge on any atom is -0.381 e. The van der Waals surface area contributed by atoms with Crippen molar-refractivity contribution in [2.24, 2.45) is 0 Å². The Morgan fingerprint density at radius 1 is 1.33 bits per heavy atom. The first-order chi connectivity index (χ1) is 5.22. The van der Waals surface area contributed by atoms with E-state index in [1.165, 1.54) is 5.70 Å². The molecule has 1 rings (SSSR count). The van der Waals surface area contributed by atoms with Crippen molar-refractivity contribution < 1.29 is 0 Å². The van der Waals surface area contributed by atoms with Crippen molar-refractivity contribution >= 4 is 8.41 Å². The minimum absolute atomic E-state index is 0. The quantitative estimate of drug-likeness (QED) is 0.579. The molecule has 0 bridgehead atoms. The molecule has 1 N–H and O–H groups in total. The van der Waals surface area contributed by atoms with Crippen LogP contribution in [-0.2, 0) is 0 Å². The summed E-state index contributed by atoms with van der Waals surface area (Å²) in [5.41, 5.74) is 1.39. The molecule has 0 aliphatic heterocycles. The molecule has 67 valence electrons. The van der Waals surface area contributed by atoms with Crippen molar-refractivity contribution in [3.63, 3.8) is 0 Å². The van der Waals surface area contributed by atoms with E-state index in [4.69, 9.17) is 0 Å². The molecule has 0 aromatic heterocycles. The second-order valence-electron chi connectivity index (χ2n) is 2.68. The summed E-state index contributed by atoms with van der Waals surface area (Å²) in [4.78, 5) is 2.14. The smallest absolute Gasteiger partial charge is 0.0166 e. The lowest BCUT2D eigenvalue weighted by Gasteiger charge is -2.11. The molecular formula is C9H18BN2. The van der Waals surface area contributed by atoms with Gasteiger partial charge < -0.3 is 10.2 Å². The molecule has 0 atom stereocenters. The van der Waals surface area contributed by atoms with Crippen LogP contribution in [0, 0.1) is 0 Å². The Kier molecular flexibility index (Phi) is 9.71. The number of hydrogen-bond donors (Lipinski definition) is 1. The highest BCUT2D eigenvalue weighted by Gasteiger charge is 1.98. The molecule has 0 aromatic rings. The average molecular weight is 165 g/mol. The van der Waals surface area contributed by atoms with Gasteiger partial charge in [0.05, 0.1) is 0 Å². The molecule has 0 saturated carbocycles. The standard InChI is InChI=1S/C7H11N.C2H7N.B/c1-8(2)7-5-3-4-6-7;1-3-2;/h3-5H,6H2,1-2H3;3H,1-2H3;. The van der Waals surface area contributed by atoms with Gasteiger partial charge in [-0.2, -0.15) is 0 Å². The van der Waals surface area contributed by atoms with Crippen LogP contribution in [0.5, 0.6) is 0 Å². The SMILES string of the molecule is CN(C)C1=CC=CC1.CNC.[B]. The van der Waals surface area contributed by atoms with E-state index in [0.717, 1.165) is 6.42 Å². The van der Waals surface area contributed by atoms with Gasteiger partial charge in [-0.25, -0.2) is 0 Å². The second kappa shape index (κ2) is 8.40. The lowest BCUT2D eigenvalue weighted by Crippen LogP contribution is -2.08. The summed E-state index contributed by atoms with van der Waals surface area (Å²) in [7, 11) is 7.89. The number of hydrogen-bond acceptors (Lipinski definition) is 2. The number of nitrogens with zero attached hydrogens (tertiary/aromatic N) is 1. The van der Waals surface area contributed by atoms with Gasteiger partial charge >= 0.3 is 0 Å². The molecule has 0 heterocycles. The zero-order chi connectivity index (χ0) is 8.69. The summed E-state index contributed by atoms with van der Waals surface area (Å²) >= 11 is 0. The van der Waals surface area contributed by atoms with Crippen molar-refractivity contribution in [1.29, 1.82) is 0 Å². The molecule has 0 amide bonds. The maximum absolute atomic E-state index is 2.75. The maximum Gasteiger partial charge on any atom is 0.0166 e. The normalized spacial score (nSPS) is 12.5. The first-order valence-corrected chi connectivity index (χ1v) is 3.84. The number of nitrogens with one attached hydrogen (secondary N) is 1. The molecule has 1 aliphatic rings. The molecule has 0 fully saturated rings. The Morgan fingerprint density at radius 3 is 2.00 bits per heavy atom. The predicted molar refractivity (Wildman–Crippen MR) is 56.3 cm³/mol. The van der Waals surface area contributed by atoms with Gasteiger partial charge in [0.15, 0.2) is 0 Å². The number of allylic oxidation sites excluding steroid dienone is 3. The molecular weight excluding hydrogens is 147 g/mol. The fourth-order valence-corrected chi connectivity index (χ4v) is 0.768. The summed E-state index contributed by atoms with van der Waals surface area (Å²) in [6.45, 7) is 0. The fraction of sp³-hybridized carbons (Fsp3) is 0.556. The summed E-state index contributed by atoms with van der Waals surface area (Å²) in [5.74, 6) is 0. The molecule has 0 aromatic carbocycles. The Labute approximate surface area is 77.9 Å². The first-order valence-electron chi connectivity index (χ1n) is 3.84. The van der Waals surface area contributed by atoms with E-state index in [2.05, 4.69) is 42.5 Å². The lowest BCUT2D eigenvalue weighted by molar-refractivity contribution is 0.504. The van der Waals surface area contributed by atoms with E-state index in [9.17, 15) is 0 Å². The molecule has 3 radical (unpaired) electrons. The van der Waals surface area contributed by atoms with E-state index in [1.54, 1.807) is 0 Å². The van der Waals surface area contributed by atoms with Gasteiger partial charge in [0.1, 0.15) is 0 Å². The van der Waals surface area contributed by atoms with Crippen LogP contribution in [0.3, 0.4) is 0 Å². The van der Waals surface area contributed by atoms with Crippen LogP contribution in [0.2, 0.25) is 0 Å². The Bertz CT molecular complexity index is 151. The summed E-state index contributed by atoms with van der Waals surface area (Å²) in [6, 6.07) is 0. The fourth-order valence-electron chi connectivity index (χ4n) is 0.768. The van der Waals surface area contributed by atoms with Crippen molar-refractivity contribution in [3.8, 4) is 0 Å². The molecule has 0 saturated heterocycles. The van der Waals surface area contributed by atoms with E-state index >= 15 is 0 Å². The highest BCUT2D eigenvalue weighted by atomic mass is 15.1. The summed E-state index contributed by atoms with van der Waals surface area (Å²) in [5, 5.41) is 2.75. The van der Waals surface area contributed by atoms with E-state index < -0.39 is 0 Å². The molecule has 1 aliphatic carbocycles. The van der Waals surface area contributed by atoms with Crippen LogP contribution in [0.15, 0.2) is 23.9 Å². The third kappa shape index (κ3) is 6.04. The van der Waals surface area contributed by atoms with Gasteiger partial charge in [0.25, 0.3) is 0 Å². The zero-order valence-electron chi connectivity index (χ0n) is 8.46. The molecule has 0 unspecified atom stereocenters. The first kappa shape index (κ1) is 13.9. The lowest BCUT2D eigenvalue weighted by atomic mass is 10.4. The van der Waals surface area contributed by atoms with Crippen LogP contribution >= 0.6 is 0 Å². The van der Waals surface area contributed by atoms with Gasteiger partial charge in [-0.1, -0.05) is 12.2 Å². The highest BCUT2D eigenvalue weighted by molar-refractivity contribution is 5.75. The van der Waals surface area contributed by atoms with Crippen molar-refractivity contribution in [1.82, 2.24) is 10.2 Å². The number of rotatable bonds is 1. The highest BCUT2D eigenvalue weighted by Crippen LogP contribution is 2.10. The van der Waals surface area contributed by atoms with E-state index in [1.807, 2.05) is 14.1 Å². The van der Waals surface area contributed by atoms with Crippen LogP contribution in [-0.4, -0.2) is 41.5 Å². The predicted octanol–water partition coefficient (Wildman–Crippen LogP) is 0.847. The Balaban J connectivity index is 0. The largest absolute Gasteiger partial charge is 0.381 e. The van der Waals surface area contributed by atoms with Crippen LogP contribution in [0.25, 0.3) is 0 Å². The van der Waals surface area contributed by atoms with Crippen molar-refractivity contribution in [2.75, 3.05) is 28.2 Å². The average Bonchev–Trinajstić information content (AvgIpc) is 2.38. The van der Waals surface area contributed by atoms with Gasteiger partial charge in [-0.3, -0.25) is 0 Å². The summed E-state index contributed by atoms with van der Waals surface area (Å²) < 4.78 is 0. The molecule has 12 heavy (non-hydrogen) atoms. The summed E-state index contributed by atoms with van der Waals surface area (Å²) in [6.07, 6.45) is 7.50. The van der Waals surface area contributed by atoms with Gasteiger partial charge in [-0.05, 0) is 20.2 Å². The van der Waals surface area contributed by atoms with E-state index in [-0.39, 0.29) is 8.41 Å².